The van der Waals surface area contributed by atoms with Gasteiger partial charge in [0, 0.05) is 30.0 Å². The number of halogens is 2. The van der Waals surface area contributed by atoms with Crippen LogP contribution in [-0.2, 0) is 17.8 Å². The maximum absolute atomic E-state index is 12.9. The summed E-state index contributed by atoms with van der Waals surface area (Å²) in [5.41, 5.74) is 2.68. The number of aryl methyl sites for hydroxylation is 1. The molecule has 10 heteroatoms. The first-order valence-corrected chi connectivity index (χ1v) is 12.0. The second-order valence-electron chi connectivity index (χ2n) is 8.05. The summed E-state index contributed by atoms with van der Waals surface area (Å²) >= 11 is 14.2. The number of carbonyl (C=O) groups excluding carboxylic acids is 1. The van der Waals surface area contributed by atoms with Crippen LogP contribution in [0.3, 0.4) is 0 Å². The number of thiazole rings is 1. The number of amides is 1. The predicted molar refractivity (Wildman–Crippen MR) is 128 cm³/mol. The van der Waals surface area contributed by atoms with E-state index in [4.69, 9.17) is 27.9 Å². The molecule has 4 rings (SSSR count). The van der Waals surface area contributed by atoms with E-state index < -0.39 is 0 Å². The highest BCUT2D eigenvalue weighted by Crippen LogP contribution is 2.25. The van der Waals surface area contributed by atoms with Gasteiger partial charge in [-0.15, -0.1) is 11.3 Å². The molecule has 170 valence electrons. The van der Waals surface area contributed by atoms with Crippen molar-refractivity contribution in [1.82, 2.24) is 19.7 Å². The SMILES string of the molecule is Cc1nn(Cc2ccccc2Cl)c(Cl)c1C(=O)Nc1nc(CN2CC(C)OC(C)C2)cs1. The van der Waals surface area contributed by atoms with Gasteiger partial charge in [0.15, 0.2) is 5.13 Å². The molecular formula is C22H25Cl2N5O2S. The van der Waals surface area contributed by atoms with Crippen LogP contribution in [0.2, 0.25) is 10.2 Å². The molecule has 1 aliphatic rings. The van der Waals surface area contributed by atoms with Gasteiger partial charge in [-0.3, -0.25) is 15.0 Å². The standard InChI is InChI=1S/C22H25Cl2N5O2S/c1-13-8-28(9-14(2)31-13)11-17-12-32-22(25-17)26-21(30)19-15(3)27-29(20(19)24)10-16-6-4-5-7-18(16)23/h4-7,12-14H,8-11H2,1-3H3,(H,25,26,30). The molecule has 1 fully saturated rings. The molecule has 0 aliphatic carbocycles. The molecule has 0 radical (unpaired) electrons. The van der Waals surface area contributed by atoms with Crippen molar-refractivity contribution in [2.75, 3.05) is 18.4 Å². The molecule has 2 aromatic heterocycles. The van der Waals surface area contributed by atoms with Gasteiger partial charge >= 0.3 is 0 Å². The molecule has 1 amide bonds. The number of morpholine rings is 1. The molecule has 3 heterocycles. The van der Waals surface area contributed by atoms with E-state index >= 15 is 0 Å². The number of carbonyl (C=O) groups is 1. The molecule has 2 unspecified atom stereocenters. The maximum Gasteiger partial charge on any atom is 0.262 e. The Morgan fingerprint density at radius 1 is 1.22 bits per heavy atom. The van der Waals surface area contributed by atoms with Crippen LogP contribution in [0.4, 0.5) is 5.13 Å². The fraction of sp³-hybridized carbons (Fsp3) is 0.409. The van der Waals surface area contributed by atoms with Crippen molar-refractivity contribution in [3.05, 3.63) is 62.3 Å². The lowest BCUT2D eigenvalue weighted by Crippen LogP contribution is -2.44. The highest BCUT2D eigenvalue weighted by atomic mass is 35.5. The van der Waals surface area contributed by atoms with Crippen LogP contribution in [0.25, 0.3) is 0 Å². The van der Waals surface area contributed by atoms with Crippen molar-refractivity contribution in [3.8, 4) is 0 Å². The van der Waals surface area contributed by atoms with Gasteiger partial charge in [-0.25, -0.2) is 9.67 Å². The third-order valence-corrected chi connectivity index (χ3v) is 6.78. The zero-order valence-electron chi connectivity index (χ0n) is 18.1. The first kappa shape index (κ1) is 23.2. The maximum atomic E-state index is 12.9. The second kappa shape index (κ2) is 9.89. The third kappa shape index (κ3) is 5.32. The fourth-order valence-corrected chi connectivity index (χ4v) is 5.16. The summed E-state index contributed by atoms with van der Waals surface area (Å²) in [7, 11) is 0. The lowest BCUT2D eigenvalue weighted by molar-refractivity contribution is -0.0707. The van der Waals surface area contributed by atoms with Crippen molar-refractivity contribution in [2.24, 2.45) is 0 Å². The molecule has 0 saturated carbocycles. The van der Waals surface area contributed by atoms with Gasteiger partial charge in [0.1, 0.15) is 5.15 Å². The average Bonchev–Trinajstić information content (AvgIpc) is 3.26. The topological polar surface area (TPSA) is 72.3 Å². The summed E-state index contributed by atoms with van der Waals surface area (Å²) in [5, 5.41) is 10.7. The Kier molecular flexibility index (Phi) is 7.17. The Balaban J connectivity index is 1.43. The summed E-state index contributed by atoms with van der Waals surface area (Å²) in [6.45, 7) is 8.74. The minimum atomic E-state index is -0.326. The van der Waals surface area contributed by atoms with E-state index in [1.54, 1.807) is 11.6 Å². The smallest absolute Gasteiger partial charge is 0.262 e. The Hall–Kier alpha value is -1.97. The van der Waals surface area contributed by atoms with Gasteiger partial charge in [0.2, 0.25) is 0 Å². The first-order valence-electron chi connectivity index (χ1n) is 10.4. The quantitative estimate of drug-likeness (QED) is 0.530. The van der Waals surface area contributed by atoms with E-state index in [1.807, 2.05) is 29.6 Å². The Bertz CT molecular complexity index is 1110. The summed E-state index contributed by atoms with van der Waals surface area (Å²) in [4.78, 5) is 19.8. The van der Waals surface area contributed by atoms with Crippen LogP contribution in [0.1, 0.15) is 41.2 Å². The van der Waals surface area contributed by atoms with Gasteiger partial charge in [-0.1, -0.05) is 41.4 Å². The second-order valence-corrected chi connectivity index (χ2v) is 9.67. The van der Waals surface area contributed by atoms with Gasteiger partial charge in [0.05, 0.1) is 35.7 Å². The molecular weight excluding hydrogens is 469 g/mol. The molecule has 7 nitrogen and oxygen atoms in total. The molecule has 1 saturated heterocycles. The fourth-order valence-electron chi connectivity index (χ4n) is 3.94. The molecule has 0 bridgehead atoms. The first-order chi connectivity index (χ1) is 15.3. The lowest BCUT2D eigenvalue weighted by Gasteiger charge is -2.34. The summed E-state index contributed by atoms with van der Waals surface area (Å²) in [6.07, 6.45) is 0.396. The lowest BCUT2D eigenvalue weighted by atomic mass is 10.2. The molecule has 0 spiro atoms. The summed E-state index contributed by atoms with van der Waals surface area (Å²) < 4.78 is 7.37. The van der Waals surface area contributed by atoms with E-state index in [2.05, 4.69) is 34.1 Å². The van der Waals surface area contributed by atoms with Crippen LogP contribution in [0, 0.1) is 6.92 Å². The molecule has 1 aliphatic heterocycles. The van der Waals surface area contributed by atoms with Gasteiger partial charge < -0.3 is 4.74 Å². The van der Waals surface area contributed by atoms with Gasteiger partial charge in [-0.2, -0.15) is 5.10 Å². The summed E-state index contributed by atoms with van der Waals surface area (Å²) in [5.74, 6) is -0.326. The highest BCUT2D eigenvalue weighted by molar-refractivity contribution is 7.14. The summed E-state index contributed by atoms with van der Waals surface area (Å²) in [6, 6.07) is 7.48. The van der Waals surface area contributed by atoms with Crippen LogP contribution in [-0.4, -0.2) is 50.9 Å². The number of aromatic nitrogens is 3. The van der Waals surface area contributed by atoms with Crippen LogP contribution >= 0.6 is 34.5 Å². The minimum absolute atomic E-state index is 0.198. The van der Waals surface area contributed by atoms with Crippen LogP contribution in [0.5, 0.6) is 0 Å². The predicted octanol–water partition coefficient (Wildman–Crippen LogP) is 4.86. The minimum Gasteiger partial charge on any atom is -0.373 e. The Morgan fingerprint density at radius 2 is 1.94 bits per heavy atom. The normalized spacial score (nSPS) is 19.3. The Morgan fingerprint density at radius 3 is 2.66 bits per heavy atom. The van der Waals surface area contributed by atoms with Crippen molar-refractivity contribution >= 4 is 45.6 Å². The zero-order valence-corrected chi connectivity index (χ0v) is 20.5. The molecule has 1 N–H and O–H groups in total. The van der Waals surface area contributed by atoms with Gasteiger partial charge in [-0.05, 0) is 32.4 Å². The van der Waals surface area contributed by atoms with Crippen molar-refractivity contribution in [3.63, 3.8) is 0 Å². The van der Waals surface area contributed by atoms with Crippen molar-refractivity contribution in [1.29, 1.82) is 0 Å². The molecule has 32 heavy (non-hydrogen) atoms. The van der Waals surface area contributed by atoms with Crippen molar-refractivity contribution < 1.29 is 9.53 Å². The number of nitrogens with one attached hydrogen (secondary N) is 1. The number of ether oxygens (including phenoxy) is 1. The largest absolute Gasteiger partial charge is 0.373 e. The highest BCUT2D eigenvalue weighted by Gasteiger charge is 2.24. The average molecular weight is 494 g/mol. The number of nitrogens with zero attached hydrogens (tertiary/aromatic N) is 4. The van der Waals surface area contributed by atoms with Crippen LogP contribution < -0.4 is 5.32 Å². The van der Waals surface area contributed by atoms with E-state index in [0.717, 1.165) is 30.9 Å². The molecule has 3 aromatic rings. The number of hydrogen-bond donors (Lipinski definition) is 1. The van der Waals surface area contributed by atoms with E-state index in [9.17, 15) is 4.79 Å². The zero-order chi connectivity index (χ0) is 22.8. The third-order valence-electron chi connectivity index (χ3n) is 5.22. The number of anilines is 1. The Labute approximate surface area is 201 Å². The molecule has 1 aromatic carbocycles. The molecule has 2 atom stereocenters. The van der Waals surface area contributed by atoms with Crippen LogP contribution in [0.15, 0.2) is 29.6 Å². The number of benzene rings is 1. The van der Waals surface area contributed by atoms with E-state index in [1.165, 1.54) is 11.3 Å². The van der Waals surface area contributed by atoms with E-state index in [-0.39, 0.29) is 23.3 Å². The number of hydrogen-bond acceptors (Lipinski definition) is 6. The number of rotatable bonds is 6. The van der Waals surface area contributed by atoms with Crippen molar-refractivity contribution in [2.45, 2.75) is 46.1 Å². The van der Waals surface area contributed by atoms with Gasteiger partial charge in [0.25, 0.3) is 5.91 Å². The van der Waals surface area contributed by atoms with E-state index in [0.29, 0.717) is 28.0 Å². The monoisotopic (exact) mass is 493 g/mol.